The topological polar surface area (TPSA) is 73.1 Å². The standard InChI is InChI=1S/C16H14N2O2/c1-11-5-6-14(9-17)15(7-11)18-10-12-3-2-4-13(8-12)16(19)20/h2-8,18H,10H2,1H3,(H,19,20). The number of benzene rings is 2. The summed E-state index contributed by atoms with van der Waals surface area (Å²) in [5.74, 6) is -0.944. The molecule has 0 aliphatic rings. The fraction of sp³-hybridized carbons (Fsp3) is 0.125. The van der Waals surface area contributed by atoms with Gasteiger partial charge in [-0.25, -0.2) is 4.79 Å². The van der Waals surface area contributed by atoms with E-state index in [9.17, 15) is 4.79 Å². The van der Waals surface area contributed by atoms with Crippen LogP contribution in [0.25, 0.3) is 0 Å². The van der Waals surface area contributed by atoms with E-state index in [0.717, 1.165) is 16.8 Å². The number of carbonyl (C=O) groups is 1. The number of nitriles is 1. The van der Waals surface area contributed by atoms with Crippen LogP contribution in [0.1, 0.15) is 27.0 Å². The van der Waals surface area contributed by atoms with E-state index in [0.29, 0.717) is 12.1 Å². The van der Waals surface area contributed by atoms with E-state index in [-0.39, 0.29) is 5.56 Å². The van der Waals surface area contributed by atoms with Crippen molar-refractivity contribution in [2.45, 2.75) is 13.5 Å². The fourth-order valence-corrected chi connectivity index (χ4v) is 1.91. The highest BCUT2D eigenvalue weighted by Gasteiger charge is 2.05. The molecule has 2 aromatic carbocycles. The molecule has 2 aromatic rings. The van der Waals surface area contributed by atoms with E-state index in [1.165, 1.54) is 0 Å². The molecule has 100 valence electrons. The second kappa shape index (κ2) is 5.89. The molecule has 0 radical (unpaired) electrons. The second-order valence-electron chi connectivity index (χ2n) is 4.52. The Balaban J connectivity index is 2.17. The number of nitrogens with zero attached hydrogens (tertiary/aromatic N) is 1. The average Bonchev–Trinajstić information content (AvgIpc) is 2.45. The van der Waals surface area contributed by atoms with Crippen molar-refractivity contribution < 1.29 is 9.90 Å². The van der Waals surface area contributed by atoms with E-state index < -0.39 is 5.97 Å². The summed E-state index contributed by atoms with van der Waals surface area (Å²) >= 11 is 0. The van der Waals surface area contributed by atoms with Crippen LogP contribution in [0.4, 0.5) is 5.69 Å². The summed E-state index contributed by atoms with van der Waals surface area (Å²) in [5.41, 5.74) is 3.51. The Kier molecular flexibility index (Phi) is 4.02. The van der Waals surface area contributed by atoms with E-state index in [4.69, 9.17) is 10.4 Å². The lowest BCUT2D eigenvalue weighted by Crippen LogP contribution is -2.03. The summed E-state index contributed by atoms with van der Waals surface area (Å²) in [4.78, 5) is 10.9. The van der Waals surface area contributed by atoms with Crippen LogP contribution in [0.2, 0.25) is 0 Å². The molecule has 0 bridgehead atoms. The van der Waals surface area contributed by atoms with Crippen molar-refractivity contribution in [3.63, 3.8) is 0 Å². The van der Waals surface area contributed by atoms with Gasteiger partial charge in [-0.1, -0.05) is 18.2 Å². The SMILES string of the molecule is Cc1ccc(C#N)c(NCc2cccc(C(=O)O)c2)c1. The van der Waals surface area contributed by atoms with Crippen molar-refractivity contribution in [2.24, 2.45) is 0 Å². The maximum Gasteiger partial charge on any atom is 0.335 e. The predicted molar refractivity (Wildman–Crippen MR) is 76.6 cm³/mol. The van der Waals surface area contributed by atoms with E-state index in [1.807, 2.05) is 25.1 Å². The van der Waals surface area contributed by atoms with Crippen LogP contribution in [0, 0.1) is 18.3 Å². The van der Waals surface area contributed by atoms with Crippen LogP contribution in [0.3, 0.4) is 0 Å². The third kappa shape index (κ3) is 3.15. The fourth-order valence-electron chi connectivity index (χ4n) is 1.91. The number of rotatable bonds is 4. The maximum absolute atomic E-state index is 10.9. The minimum atomic E-state index is -0.944. The van der Waals surface area contributed by atoms with E-state index in [2.05, 4.69) is 11.4 Å². The molecule has 0 fully saturated rings. The molecule has 0 amide bonds. The molecule has 0 saturated heterocycles. The van der Waals surface area contributed by atoms with Gasteiger partial charge in [0.15, 0.2) is 0 Å². The second-order valence-corrected chi connectivity index (χ2v) is 4.52. The molecule has 0 aromatic heterocycles. The summed E-state index contributed by atoms with van der Waals surface area (Å²) in [7, 11) is 0. The van der Waals surface area contributed by atoms with Gasteiger partial charge in [0.25, 0.3) is 0 Å². The Hall–Kier alpha value is -2.80. The molecule has 4 nitrogen and oxygen atoms in total. The van der Waals surface area contributed by atoms with Gasteiger partial charge in [-0.2, -0.15) is 5.26 Å². The number of aromatic carboxylic acids is 1. The third-order valence-corrected chi connectivity index (χ3v) is 2.95. The third-order valence-electron chi connectivity index (χ3n) is 2.95. The lowest BCUT2D eigenvalue weighted by atomic mass is 10.1. The van der Waals surface area contributed by atoms with Crippen LogP contribution >= 0.6 is 0 Å². The number of nitrogens with one attached hydrogen (secondary N) is 1. The Bertz CT molecular complexity index is 687. The lowest BCUT2D eigenvalue weighted by Gasteiger charge is -2.09. The summed E-state index contributed by atoms with van der Waals surface area (Å²) in [6.45, 7) is 2.43. The first-order valence-electron chi connectivity index (χ1n) is 6.17. The molecule has 0 aliphatic heterocycles. The van der Waals surface area contributed by atoms with Gasteiger partial charge in [-0.15, -0.1) is 0 Å². The smallest absolute Gasteiger partial charge is 0.335 e. The van der Waals surface area contributed by atoms with Gasteiger partial charge in [0, 0.05) is 6.54 Å². The van der Waals surface area contributed by atoms with Gasteiger partial charge < -0.3 is 10.4 Å². The molecule has 20 heavy (non-hydrogen) atoms. The van der Waals surface area contributed by atoms with Gasteiger partial charge >= 0.3 is 5.97 Å². The molecule has 0 aliphatic carbocycles. The highest BCUT2D eigenvalue weighted by atomic mass is 16.4. The van der Waals surface area contributed by atoms with Crippen molar-refractivity contribution in [1.29, 1.82) is 5.26 Å². The van der Waals surface area contributed by atoms with Crippen LogP contribution < -0.4 is 5.32 Å². The van der Waals surface area contributed by atoms with Crippen LogP contribution in [0.15, 0.2) is 42.5 Å². The summed E-state index contributed by atoms with van der Waals surface area (Å²) in [6.07, 6.45) is 0. The largest absolute Gasteiger partial charge is 0.478 e. The molecule has 0 unspecified atom stereocenters. The van der Waals surface area contributed by atoms with Crippen molar-refractivity contribution in [3.05, 3.63) is 64.7 Å². The number of anilines is 1. The quantitative estimate of drug-likeness (QED) is 0.891. The van der Waals surface area contributed by atoms with Gasteiger partial charge in [-0.3, -0.25) is 0 Å². The van der Waals surface area contributed by atoms with E-state index >= 15 is 0 Å². The molecule has 0 atom stereocenters. The number of carboxylic acids is 1. The summed E-state index contributed by atoms with van der Waals surface area (Å²) in [6, 6.07) is 14.4. The number of carboxylic acid groups (broad SMARTS) is 1. The number of aryl methyl sites for hydroxylation is 1. The highest BCUT2D eigenvalue weighted by molar-refractivity contribution is 5.87. The summed E-state index contributed by atoms with van der Waals surface area (Å²) in [5, 5.41) is 21.2. The van der Waals surface area contributed by atoms with Crippen molar-refractivity contribution in [1.82, 2.24) is 0 Å². The normalized spacial score (nSPS) is 9.80. The van der Waals surface area contributed by atoms with Gasteiger partial charge in [0.05, 0.1) is 16.8 Å². The highest BCUT2D eigenvalue weighted by Crippen LogP contribution is 2.18. The van der Waals surface area contributed by atoms with Gasteiger partial charge in [-0.05, 0) is 42.3 Å². The molecular weight excluding hydrogens is 252 g/mol. The van der Waals surface area contributed by atoms with E-state index in [1.54, 1.807) is 24.3 Å². The molecule has 4 heteroatoms. The summed E-state index contributed by atoms with van der Waals surface area (Å²) < 4.78 is 0. The lowest BCUT2D eigenvalue weighted by molar-refractivity contribution is 0.0697. The first-order valence-corrected chi connectivity index (χ1v) is 6.17. The zero-order valence-corrected chi connectivity index (χ0v) is 11.1. The predicted octanol–water partition coefficient (Wildman–Crippen LogP) is 3.18. The first kappa shape index (κ1) is 13.6. The average molecular weight is 266 g/mol. The zero-order chi connectivity index (χ0) is 14.5. The first-order chi connectivity index (χ1) is 9.60. The minimum absolute atomic E-state index is 0.258. The number of hydrogen-bond acceptors (Lipinski definition) is 3. The molecule has 0 heterocycles. The number of hydrogen-bond donors (Lipinski definition) is 2. The van der Waals surface area contributed by atoms with Gasteiger partial charge in [0.1, 0.15) is 6.07 Å². The molecule has 0 spiro atoms. The Morgan fingerprint density at radius 2 is 2.10 bits per heavy atom. The monoisotopic (exact) mass is 266 g/mol. The van der Waals surface area contributed by atoms with Crippen LogP contribution in [-0.2, 0) is 6.54 Å². The zero-order valence-electron chi connectivity index (χ0n) is 11.1. The Morgan fingerprint density at radius 1 is 1.30 bits per heavy atom. The molecule has 0 saturated carbocycles. The van der Waals surface area contributed by atoms with Crippen LogP contribution in [0.5, 0.6) is 0 Å². The molecule has 2 rings (SSSR count). The van der Waals surface area contributed by atoms with Crippen molar-refractivity contribution >= 4 is 11.7 Å². The van der Waals surface area contributed by atoms with Gasteiger partial charge in [0.2, 0.25) is 0 Å². The Labute approximate surface area is 117 Å². The molecular formula is C16H14N2O2. The van der Waals surface area contributed by atoms with Crippen molar-refractivity contribution in [2.75, 3.05) is 5.32 Å². The van der Waals surface area contributed by atoms with Crippen LogP contribution in [-0.4, -0.2) is 11.1 Å². The minimum Gasteiger partial charge on any atom is -0.478 e. The molecule has 2 N–H and O–H groups in total. The maximum atomic E-state index is 10.9. The van der Waals surface area contributed by atoms with Crippen molar-refractivity contribution in [3.8, 4) is 6.07 Å². The Morgan fingerprint density at radius 3 is 2.80 bits per heavy atom.